The fraction of sp³-hybridized carbons (Fsp3) is 0.278. The molecule has 154 valence electrons. The quantitative estimate of drug-likeness (QED) is 0.575. The van der Waals surface area contributed by atoms with E-state index in [2.05, 4.69) is 26.2 Å². The number of pyridine rings is 1. The number of benzene rings is 1. The molecule has 6 nitrogen and oxygen atoms in total. The fourth-order valence-electron chi connectivity index (χ4n) is 2.61. The van der Waals surface area contributed by atoms with E-state index in [1.165, 1.54) is 6.07 Å². The standard InChI is InChI=1S/C18H14BrF4N3O3/c19-11-8-12(20)9(5-14(11)27)6-15(28)25-10-1-4-24-13(7-10)16(29)26-17(2-3-17)18(21,22)23/h1,4-5,7-8,27H,2-3,6H2,(H,26,29)(H,24,25,28). The number of phenols is 1. The van der Waals surface area contributed by atoms with Gasteiger partial charge < -0.3 is 15.7 Å². The summed E-state index contributed by atoms with van der Waals surface area (Å²) in [4.78, 5) is 28.0. The van der Waals surface area contributed by atoms with Crippen LogP contribution in [0, 0.1) is 5.82 Å². The molecule has 0 radical (unpaired) electrons. The molecule has 1 saturated carbocycles. The SMILES string of the molecule is O=C(Cc1cc(O)c(Br)cc1F)Nc1ccnc(C(=O)NC2(C(F)(F)F)CC2)c1. The van der Waals surface area contributed by atoms with E-state index in [9.17, 15) is 32.3 Å². The number of rotatable bonds is 5. The van der Waals surface area contributed by atoms with E-state index in [1.807, 2.05) is 5.32 Å². The molecule has 0 atom stereocenters. The van der Waals surface area contributed by atoms with Crippen LogP contribution in [-0.4, -0.2) is 33.6 Å². The molecule has 0 unspecified atom stereocenters. The zero-order chi connectivity index (χ0) is 21.4. The molecule has 0 aliphatic heterocycles. The Kier molecular flexibility index (Phi) is 5.52. The van der Waals surface area contributed by atoms with E-state index >= 15 is 0 Å². The van der Waals surface area contributed by atoms with Crippen LogP contribution < -0.4 is 10.6 Å². The number of hydrogen-bond acceptors (Lipinski definition) is 4. The minimum absolute atomic E-state index is 0.0592. The number of aromatic nitrogens is 1. The lowest BCUT2D eigenvalue weighted by Crippen LogP contribution is -2.48. The summed E-state index contributed by atoms with van der Waals surface area (Å²) in [5.41, 5.74) is -2.48. The maximum Gasteiger partial charge on any atom is 0.411 e. The molecule has 1 aliphatic carbocycles. The third kappa shape index (κ3) is 4.66. The molecule has 29 heavy (non-hydrogen) atoms. The highest BCUT2D eigenvalue weighted by Gasteiger charge is 2.64. The first-order valence-corrected chi connectivity index (χ1v) is 9.12. The average Bonchev–Trinajstić information content (AvgIpc) is 3.40. The molecule has 1 fully saturated rings. The van der Waals surface area contributed by atoms with Crippen molar-refractivity contribution < 1.29 is 32.3 Å². The summed E-state index contributed by atoms with van der Waals surface area (Å²) in [6, 6.07) is 4.56. The zero-order valence-electron chi connectivity index (χ0n) is 14.6. The van der Waals surface area contributed by atoms with Crippen molar-refractivity contribution in [2.45, 2.75) is 31.0 Å². The van der Waals surface area contributed by atoms with Crippen molar-refractivity contribution in [3.63, 3.8) is 0 Å². The predicted molar refractivity (Wildman–Crippen MR) is 97.8 cm³/mol. The van der Waals surface area contributed by atoms with Crippen molar-refractivity contribution in [1.29, 1.82) is 0 Å². The number of nitrogens with zero attached hydrogens (tertiary/aromatic N) is 1. The Morgan fingerprint density at radius 3 is 2.55 bits per heavy atom. The van der Waals surface area contributed by atoms with Crippen LogP contribution in [0.15, 0.2) is 34.9 Å². The Bertz CT molecular complexity index is 977. The zero-order valence-corrected chi connectivity index (χ0v) is 16.2. The molecule has 0 saturated heterocycles. The second-order valence-electron chi connectivity index (χ2n) is 6.58. The number of hydrogen-bond donors (Lipinski definition) is 3. The third-order valence-electron chi connectivity index (χ3n) is 4.39. The highest BCUT2D eigenvalue weighted by Crippen LogP contribution is 2.49. The Morgan fingerprint density at radius 2 is 1.93 bits per heavy atom. The predicted octanol–water partition coefficient (Wildman–Crippen LogP) is 3.69. The number of phenolic OH excluding ortho intramolecular Hbond substituents is 1. The molecule has 1 aromatic carbocycles. The van der Waals surface area contributed by atoms with Gasteiger partial charge in [-0.05, 0) is 53.0 Å². The number of nitrogens with one attached hydrogen (secondary N) is 2. The van der Waals surface area contributed by atoms with Gasteiger partial charge in [-0.2, -0.15) is 13.2 Å². The summed E-state index contributed by atoms with van der Waals surface area (Å²) < 4.78 is 52.9. The first-order valence-electron chi connectivity index (χ1n) is 8.33. The fourth-order valence-corrected chi connectivity index (χ4v) is 2.93. The second kappa shape index (κ2) is 7.62. The average molecular weight is 476 g/mol. The molecule has 2 aromatic rings. The van der Waals surface area contributed by atoms with Gasteiger partial charge in [-0.3, -0.25) is 14.6 Å². The topological polar surface area (TPSA) is 91.3 Å². The molecule has 2 amide bonds. The molecular weight excluding hydrogens is 462 g/mol. The highest BCUT2D eigenvalue weighted by atomic mass is 79.9. The van der Waals surface area contributed by atoms with E-state index in [0.29, 0.717) is 0 Å². The number of halogens is 5. The van der Waals surface area contributed by atoms with E-state index in [1.54, 1.807) is 0 Å². The number of alkyl halides is 3. The van der Waals surface area contributed by atoms with E-state index in [-0.39, 0.29) is 40.0 Å². The van der Waals surface area contributed by atoms with Gasteiger partial charge in [0.2, 0.25) is 5.91 Å². The van der Waals surface area contributed by atoms with Gasteiger partial charge >= 0.3 is 6.18 Å². The molecule has 11 heteroatoms. The van der Waals surface area contributed by atoms with Crippen LogP contribution in [0.5, 0.6) is 5.75 Å². The van der Waals surface area contributed by atoms with E-state index in [4.69, 9.17) is 0 Å². The Labute approximate surface area is 170 Å². The van der Waals surface area contributed by atoms with Crippen LogP contribution in [0.1, 0.15) is 28.9 Å². The number of carbonyl (C=O) groups is 2. The highest BCUT2D eigenvalue weighted by molar-refractivity contribution is 9.10. The van der Waals surface area contributed by atoms with Gasteiger partial charge in [0, 0.05) is 17.4 Å². The lowest BCUT2D eigenvalue weighted by atomic mass is 10.1. The van der Waals surface area contributed by atoms with Gasteiger partial charge in [-0.15, -0.1) is 0 Å². The molecule has 3 N–H and O–H groups in total. The van der Waals surface area contributed by atoms with Crippen molar-refractivity contribution in [3.8, 4) is 5.75 Å². The number of aromatic hydroxyl groups is 1. The summed E-state index contributed by atoms with van der Waals surface area (Å²) in [6.45, 7) is 0. The maximum absolute atomic E-state index is 13.9. The van der Waals surface area contributed by atoms with Gasteiger partial charge in [-0.1, -0.05) is 0 Å². The molecule has 0 bridgehead atoms. The normalized spacial score (nSPS) is 14.9. The second-order valence-corrected chi connectivity index (χ2v) is 7.44. The van der Waals surface area contributed by atoms with Crippen molar-refractivity contribution in [1.82, 2.24) is 10.3 Å². The Balaban J connectivity index is 1.68. The van der Waals surface area contributed by atoms with E-state index < -0.39 is 35.8 Å². The summed E-state index contributed by atoms with van der Waals surface area (Å²) >= 11 is 2.95. The van der Waals surface area contributed by atoms with Crippen molar-refractivity contribution in [2.75, 3.05) is 5.32 Å². The first-order chi connectivity index (χ1) is 13.5. The number of carbonyl (C=O) groups excluding carboxylic acids is 2. The molecule has 1 aliphatic rings. The van der Waals surface area contributed by atoms with Crippen LogP contribution in [0.2, 0.25) is 0 Å². The van der Waals surface area contributed by atoms with Crippen LogP contribution in [-0.2, 0) is 11.2 Å². The smallest absolute Gasteiger partial charge is 0.411 e. The van der Waals surface area contributed by atoms with E-state index in [0.717, 1.165) is 24.4 Å². The van der Waals surface area contributed by atoms with Crippen LogP contribution in [0.3, 0.4) is 0 Å². The van der Waals surface area contributed by atoms with Crippen molar-refractivity contribution in [3.05, 3.63) is 52.0 Å². The lowest BCUT2D eigenvalue weighted by molar-refractivity contribution is -0.163. The minimum atomic E-state index is -4.56. The minimum Gasteiger partial charge on any atom is -0.507 e. The third-order valence-corrected chi connectivity index (χ3v) is 5.02. The monoisotopic (exact) mass is 475 g/mol. The molecule has 0 spiro atoms. The molecule has 1 heterocycles. The van der Waals surface area contributed by atoms with Crippen LogP contribution in [0.4, 0.5) is 23.2 Å². The molecule has 3 rings (SSSR count). The van der Waals surface area contributed by atoms with Crippen LogP contribution >= 0.6 is 15.9 Å². The summed E-state index contributed by atoms with van der Waals surface area (Å²) in [5.74, 6) is -2.62. The molecule has 1 aromatic heterocycles. The Hall–Kier alpha value is -2.69. The van der Waals surface area contributed by atoms with Gasteiger partial charge in [0.05, 0.1) is 10.9 Å². The summed E-state index contributed by atoms with van der Waals surface area (Å²) in [6.07, 6.45) is -4.22. The van der Waals surface area contributed by atoms with Crippen molar-refractivity contribution in [2.24, 2.45) is 0 Å². The lowest BCUT2D eigenvalue weighted by Gasteiger charge is -2.20. The van der Waals surface area contributed by atoms with Gasteiger partial charge in [0.25, 0.3) is 5.91 Å². The number of anilines is 1. The molecular formula is C18H14BrF4N3O3. The van der Waals surface area contributed by atoms with Crippen molar-refractivity contribution >= 4 is 33.4 Å². The van der Waals surface area contributed by atoms with Crippen LogP contribution in [0.25, 0.3) is 0 Å². The first kappa shape index (κ1) is 21.0. The maximum atomic E-state index is 13.9. The number of amides is 2. The van der Waals surface area contributed by atoms with Gasteiger partial charge in [0.1, 0.15) is 22.8 Å². The Morgan fingerprint density at radius 1 is 1.24 bits per heavy atom. The largest absolute Gasteiger partial charge is 0.507 e. The summed E-state index contributed by atoms with van der Waals surface area (Å²) in [7, 11) is 0. The van der Waals surface area contributed by atoms with Gasteiger partial charge in [-0.25, -0.2) is 4.39 Å². The van der Waals surface area contributed by atoms with Gasteiger partial charge in [0.15, 0.2) is 0 Å². The summed E-state index contributed by atoms with van der Waals surface area (Å²) in [5, 5.41) is 14.0.